The second kappa shape index (κ2) is 6.26. The summed E-state index contributed by atoms with van der Waals surface area (Å²) in [6.07, 6.45) is 3.61. The highest BCUT2D eigenvalue weighted by Crippen LogP contribution is 2.29. The van der Waals surface area contributed by atoms with Gasteiger partial charge in [-0.2, -0.15) is 0 Å². The molecule has 0 spiro atoms. The predicted molar refractivity (Wildman–Crippen MR) is 79.7 cm³/mol. The van der Waals surface area contributed by atoms with Crippen LogP contribution in [0.2, 0.25) is 0 Å². The number of hydrogen-bond acceptors (Lipinski definition) is 2. The number of carboxylic acids is 1. The molecule has 2 amide bonds. The number of hydrogen-bond donors (Lipinski definition) is 3. The SMILES string of the molecule is O=C(Nc1ccccc1Br)NC1(C(=O)O)CCCCC1. The van der Waals surface area contributed by atoms with Crippen molar-refractivity contribution < 1.29 is 14.7 Å². The first kappa shape index (κ1) is 14.8. The molecule has 0 heterocycles. The number of anilines is 1. The number of aliphatic carboxylic acids is 1. The summed E-state index contributed by atoms with van der Waals surface area (Å²) < 4.78 is 0.753. The second-order valence-corrected chi connectivity index (χ2v) is 5.86. The molecule has 0 aromatic heterocycles. The number of nitrogens with one attached hydrogen (secondary N) is 2. The molecular weight excluding hydrogens is 324 g/mol. The summed E-state index contributed by atoms with van der Waals surface area (Å²) in [6.45, 7) is 0. The van der Waals surface area contributed by atoms with Gasteiger partial charge in [-0.15, -0.1) is 0 Å². The highest BCUT2D eigenvalue weighted by Gasteiger charge is 2.41. The van der Waals surface area contributed by atoms with Gasteiger partial charge in [-0.1, -0.05) is 31.4 Å². The molecule has 0 saturated heterocycles. The van der Waals surface area contributed by atoms with Gasteiger partial charge in [-0.05, 0) is 40.9 Å². The topological polar surface area (TPSA) is 78.4 Å². The third-order valence-corrected chi connectivity index (χ3v) is 4.28. The molecule has 3 N–H and O–H groups in total. The first-order valence-corrected chi connectivity index (χ1v) is 7.40. The normalized spacial score (nSPS) is 17.2. The minimum absolute atomic E-state index is 0.478. The summed E-state index contributed by atoms with van der Waals surface area (Å²) in [5, 5.41) is 14.7. The van der Waals surface area contributed by atoms with Gasteiger partial charge in [0.05, 0.1) is 5.69 Å². The minimum Gasteiger partial charge on any atom is -0.480 e. The number of para-hydroxylation sites is 1. The van der Waals surface area contributed by atoms with Crippen LogP contribution < -0.4 is 10.6 Å². The molecule has 0 radical (unpaired) electrons. The number of urea groups is 1. The number of halogens is 1. The van der Waals surface area contributed by atoms with Crippen LogP contribution in [-0.2, 0) is 4.79 Å². The summed E-state index contributed by atoms with van der Waals surface area (Å²) in [5.74, 6) is -0.959. The molecular formula is C14H17BrN2O3. The van der Waals surface area contributed by atoms with E-state index in [1.54, 1.807) is 12.1 Å². The van der Waals surface area contributed by atoms with Crippen molar-refractivity contribution in [1.82, 2.24) is 5.32 Å². The Hall–Kier alpha value is -1.56. The average Bonchev–Trinajstić information content (AvgIpc) is 2.42. The van der Waals surface area contributed by atoms with E-state index in [1.807, 2.05) is 12.1 Å². The van der Waals surface area contributed by atoms with Gasteiger partial charge in [-0.25, -0.2) is 9.59 Å². The minimum atomic E-state index is -1.14. The van der Waals surface area contributed by atoms with Crippen molar-refractivity contribution in [1.29, 1.82) is 0 Å². The van der Waals surface area contributed by atoms with Gasteiger partial charge < -0.3 is 15.7 Å². The van der Waals surface area contributed by atoms with Gasteiger partial charge in [0.2, 0.25) is 0 Å². The average molecular weight is 341 g/mol. The zero-order chi connectivity index (χ0) is 14.6. The highest BCUT2D eigenvalue weighted by atomic mass is 79.9. The molecule has 1 aromatic carbocycles. The number of amides is 2. The van der Waals surface area contributed by atoms with E-state index in [-0.39, 0.29) is 0 Å². The Morgan fingerprint density at radius 3 is 2.40 bits per heavy atom. The summed E-state index contributed by atoms with van der Waals surface area (Å²) in [5.41, 5.74) is -0.523. The van der Waals surface area contributed by atoms with Crippen molar-refractivity contribution in [3.8, 4) is 0 Å². The third-order valence-electron chi connectivity index (χ3n) is 3.59. The lowest BCUT2D eigenvalue weighted by Gasteiger charge is -2.33. The van der Waals surface area contributed by atoms with E-state index in [4.69, 9.17) is 0 Å². The summed E-state index contributed by atoms with van der Waals surface area (Å²) in [6, 6.07) is 6.71. The number of benzene rings is 1. The van der Waals surface area contributed by atoms with Crippen LogP contribution in [-0.4, -0.2) is 22.6 Å². The molecule has 5 nitrogen and oxygen atoms in total. The Morgan fingerprint density at radius 2 is 1.80 bits per heavy atom. The van der Waals surface area contributed by atoms with Crippen LogP contribution in [0, 0.1) is 0 Å². The lowest BCUT2D eigenvalue weighted by molar-refractivity contribution is -0.145. The molecule has 0 unspecified atom stereocenters. The van der Waals surface area contributed by atoms with Crippen molar-refractivity contribution in [3.05, 3.63) is 28.7 Å². The molecule has 6 heteroatoms. The maximum absolute atomic E-state index is 12.0. The monoisotopic (exact) mass is 340 g/mol. The van der Waals surface area contributed by atoms with E-state index in [9.17, 15) is 14.7 Å². The van der Waals surface area contributed by atoms with Crippen LogP contribution in [0.5, 0.6) is 0 Å². The molecule has 20 heavy (non-hydrogen) atoms. The highest BCUT2D eigenvalue weighted by molar-refractivity contribution is 9.10. The summed E-state index contributed by atoms with van der Waals surface area (Å²) in [7, 11) is 0. The summed E-state index contributed by atoms with van der Waals surface area (Å²) >= 11 is 3.33. The molecule has 1 aliphatic rings. The zero-order valence-electron chi connectivity index (χ0n) is 11.0. The number of carbonyl (C=O) groups excluding carboxylic acids is 1. The first-order chi connectivity index (χ1) is 9.53. The third kappa shape index (κ3) is 3.30. The quantitative estimate of drug-likeness (QED) is 0.789. The van der Waals surface area contributed by atoms with Crippen LogP contribution in [0.3, 0.4) is 0 Å². The fraction of sp³-hybridized carbons (Fsp3) is 0.429. The van der Waals surface area contributed by atoms with E-state index >= 15 is 0 Å². The number of rotatable bonds is 3. The Balaban J connectivity index is 2.06. The van der Waals surface area contributed by atoms with Gasteiger partial charge in [0.15, 0.2) is 0 Å². The molecule has 0 atom stereocenters. The van der Waals surface area contributed by atoms with Crippen molar-refractivity contribution in [2.75, 3.05) is 5.32 Å². The van der Waals surface area contributed by atoms with Crippen LogP contribution in [0.25, 0.3) is 0 Å². The Morgan fingerprint density at radius 1 is 1.15 bits per heavy atom. The van der Waals surface area contributed by atoms with E-state index in [0.29, 0.717) is 18.5 Å². The largest absolute Gasteiger partial charge is 0.480 e. The smallest absolute Gasteiger partial charge is 0.329 e. The maximum atomic E-state index is 12.0. The Kier molecular flexibility index (Phi) is 4.65. The summed E-state index contributed by atoms with van der Waals surface area (Å²) in [4.78, 5) is 23.5. The van der Waals surface area contributed by atoms with E-state index in [1.165, 1.54) is 0 Å². The Bertz CT molecular complexity index is 513. The van der Waals surface area contributed by atoms with Crippen molar-refractivity contribution in [3.63, 3.8) is 0 Å². The molecule has 1 fully saturated rings. The van der Waals surface area contributed by atoms with Gasteiger partial charge in [0.1, 0.15) is 5.54 Å². The molecule has 108 valence electrons. The van der Waals surface area contributed by atoms with Crippen molar-refractivity contribution in [2.45, 2.75) is 37.6 Å². The second-order valence-electron chi connectivity index (χ2n) is 5.01. The lowest BCUT2D eigenvalue weighted by atomic mass is 9.82. The number of carbonyl (C=O) groups is 2. The van der Waals surface area contributed by atoms with Crippen LogP contribution >= 0.6 is 15.9 Å². The molecule has 2 rings (SSSR count). The Labute approximate surface area is 125 Å². The molecule has 0 bridgehead atoms. The van der Waals surface area contributed by atoms with Gasteiger partial charge in [-0.3, -0.25) is 0 Å². The van der Waals surface area contributed by atoms with E-state index in [0.717, 1.165) is 23.7 Å². The molecule has 0 aliphatic heterocycles. The molecule has 1 saturated carbocycles. The fourth-order valence-electron chi connectivity index (χ4n) is 2.48. The van der Waals surface area contributed by atoms with E-state index < -0.39 is 17.5 Å². The first-order valence-electron chi connectivity index (χ1n) is 6.61. The lowest BCUT2D eigenvalue weighted by Crippen LogP contribution is -2.56. The van der Waals surface area contributed by atoms with Crippen LogP contribution in [0.15, 0.2) is 28.7 Å². The van der Waals surface area contributed by atoms with E-state index in [2.05, 4.69) is 26.6 Å². The van der Waals surface area contributed by atoms with Gasteiger partial charge in [0.25, 0.3) is 0 Å². The molecule has 1 aliphatic carbocycles. The zero-order valence-corrected chi connectivity index (χ0v) is 12.6. The van der Waals surface area contributed by atoms with Crippen molar-refractivity contribution >= 4 is 33.6 Å². The fourth-order valence-corrected chi connectivity index (χ4v) is 2.87. The van der Waals surface area contributed by atoms with Gasteiger partial charge >= 0.3 is 12.0 Å². The number of carboxylic acid groups (broad SMARTS) is 1. The molecule has 1 aromatic rings. The van der Waals surface area contributed by atoms with Crippen LogP contribution in [0.4, 0.5) is 10.5 Å². The van der Waals surface area contributed by atoms with Crippen LogP contribution in [0.1, 0.15) is 32.1 Å². The standard InChI is InChI=1S/C14H17BrN2O3/c15-10-6-2-3-7-11(10)16-13(20)17-14(12(18)19)8-4-1-5-9-14/h2-3,6-7H,1,4-5,8-9H2,(H,18,19)(H2,16,17,20). The van der Waals surface area contributed by atoms with Gasteiger partial charge in [0, 0.05) is 4.47 Å². The predicted octanol–water partition coefficient (Wildman–Crippen LogP) is 3.36. The maximum Gasteiger partial charge on any atom is 0.329 e. The van der Waals surface area contributed by atoms with Crippen molar-refractivity contribution in [2.24, 2.45) is 0 Å².